The molecule has 3 N–H and O–H groups in total. The lowest BCUT2D eigenvalue weighted by atomic mass is 9.88. The molecule has 3 aromatic rings. The number of hydrogen-bond donors (Lipinski definition) is 3. The van der Waals surface area contributed by atoms with Gasteiger partial charge >= 0.3 is 0 Å². The molecule has 1 aliphatic rings. The molecule has 1 aliphatic heterocycles. The molecule has 0 saturated heterocycles. The summed E-state index contributed by atoms with van der Waals surface area (Å²) < 4.78 is 0. The fourth-order valence-electron chi connectivity index (χ4n) is 4.39. The van der Waals surface area contributed by atoms with Crippen LogP contribution in [0.25, 0.3) is 17.1 Å². The maximum absolute atomic E-state index is 11.3. The number of benzene rings is 1. The summed E-state index contributed by atoms with van der Waals surface area (Å²) in [5.41, 5.74) is 8.89. The van der Waals surface area contributed by atoms with Crippen molar-refractivity contribution >= 4 is 23.0 Å². The second kappa shape index (κ2) is 8.65. The fourth-order valence-corrected chi connectivity index (χ4v) is 4.39. The van der Waals surface area contributed by atoms with E-state index in [1.54, 1.807) is 11.6 Å². The summed E-state index contributed by atoms with van der Waals surface area (Å²) in [5, 5.41) is 9.87. The van der Waals surface area contributed by atoms with Crippen LogP contribution in [-0.4, -0.2) is 39.1 Å². The number of carbonyl (C=O) groups is 1. The standard InChI is InChI=1S/C25H30N4O2/c1-25(2,3)23-20(21-5-4-12-26-24(21)27-23)11-14-29-13-10-18-8-6-17(15-19(18)16-29)7-9-22(30)28-31/h4-9,12,15,31H,10-11,13-14,16H2,1-3H3,(H,26,27)(H,28,30)/b9-7+. The minimum absolute atomic E-state index is 0.0344. The van der Waals surface area contributed by atoms with Gasteiger partial charge in [0.1, 0.15) is 5.65 Å². The summed E-state index contributed by atoms with van der Waals surface area (Å²) in [5.74, 6) is -0.526. The van der Waals surface area contributed by atoms with Crippen molar-refractivity contribution in [3.05, 3.63) is 70.6 Å². The van der Waals surface area contributed by atoms with Gasteiger partial charge in [0.25, 0.3) is 5.91 Å². The van der Waals surface area contributed by atoms with Crippen LogP contribution >= 0.6 is 0 Å². The molecule has 162 valence electrons. The SMILES string of the molecule is CC(C)(C)c1[nH]c2ncccc2c1CCN1CCc2ccc(/C=C/C(=O)NO)cc2C1. The van der Waals surface area contributed by atoms with Gasteiger partial charge in [0.15, 0.2) is 0 Å². The summed E-state index contributed by atoms with van der Waals surface area (Å²) in [7, 11) is 0. The van der Waals surface area contributed by atoms with Gasteiger partial charge in [-0.1, -0.05) is 39.0 Å². The normalized spacial score (nSPS) is 14.8. The van der Waals surface area contributed by atoms with Crippen molar-refractivity contribution < 1.29 is 10.0 Å². The highest BCUT2D eigenvalue weighted by Crippen LogP contribution is 2.31. The Balaban J connectivity index is 1.51. The van der Waals surface area contributed by atoms with Crippen molar-refractivity contribution in [2.45, 2.75) is 45.6 Å². The zero-order valence-electron chi connectivity index (χ0n) is 18.4. The number of aromatic nitrogens is 2. The number of hydrogen-bond acceptors (Lipinski definition) is 4. The molecule has 0 unspecified atom stereocenters. The van der Waals surface area contributed by atoms with Crippen LogP contribution in [-0.2, 0) is 29.6 Å². The molecule has 0 saturated carbocycles. The van der Waals surface area contributed by atoms with Crippen LogP contribution in [0, 0.1) is 0 Å². The highest BCUT2D eigenvalue weighted by molar-refractivity contribution is 5.90. The Bertz CT molecular complexity index is 1120. The Morgan fingerprint density at radius 3 is 2.90 bits per heavy atom. The second-order valence-corrected chi connectivity index (χ2v) is 9.24. The van der Waals surface area contributed by atoms with E-state index in [0.717, 1.165) is 43.7 Å². The van der Waals surface area contributed by atoms with Gasteiger partial charge in [-0.2, -0.15) is 0 Å². The van der Waals surface area contributed by atoms with Crippen LogP contribution in [0.4, 0.5) is 0 Å². The molecule has 0 radical (unpaired) electrons. The minimum Gasteiger partial charge on any atom is -0.343 e. The highest BCUT2D eigenvalue weighted by Gasteiger charge is 2.24. The Morgan fingerprint density at radius 2 is 2.13 bits per heavy atom. The molecular formula is C25H30N4O2. The summed E-state index contributed by atoms with van der Waals surface area (Å²) in [6.07, 6.45) is 6.90. The Labute approximate surface area is 183 Å². The quantitative estimate of drug-likeness (QED) is 0.333. The van der Waals surface area contributed by atoms with E-state index in [-0.39, 0.29) is 5.41 Å². The Hall–Kier alpha value is -2.96. The van der Waals surface area contributed by atoms with Gasteiger partial charge in [-0.25, -0.2) is 10.5 Å². The maximum Gasteiger partial charge on any atom is 0.267 e. The van der Waals surface area contributed by atoms with E-state index >= 15 is 0 Å². The average Bonchev–Trinajstić information content (AvgIpc) is 3.15. The van der Waals surface area contributed by atoms with Crippen LogP contribution in [0.2, 0.25) is 0 Å². The first-order chi connectivity index (χ1) is 14.8. The number of aromatic amines is 1. The predicted octanol–water partition coefficient (Wildman–Crippen LogP) is 3.98. The topological polar surface area (TPSA) is 81.2 Å². The largest absolute Gasteiger partial charge is 0.343 e. The van der Waals surface area contributed by atoms with Crippen LogP contribution in [0.15, 0.2) is 42.6 Å². The van der Waals surface area contributed by atoms with E-state index in [2.05, 4.69) is 53.8 Å². The summed E-state index contributed by atoms with van der Waals surface area (Å²) in [6.45, 7) is 9.64. The zero-order chi connectivity index (χ0) is 22.0. The molecule has 1 aromatic carbocycles. The van der Waals surface area contributed by atoms with E-state index in [4.69, 9.17) is 5.21 Å². The Kier molecular flexibility index (Phi) is 5.94. The number of H-pyrrole nitrogens is 1. The third-order valence-corrected chi connectivity index (χ3v) is 5.97. The first-order valence-corrected chi connectivity index (χ1v) is 10.8. The average molecular weight is 419 g/mol. The lowest BCUT2D eigenvalue weighted by Gasteiger charge is -2.29. The number of carbonyl (C=O) groups excluding carboxylic acids is 1. The van der Waals surface area contributed by atoms with Crippen molar-refractivity contribution in [3.63, 3.8) is 0 Å². The second-order valence-electron chi connectivity index (χ2n) is 9.24. The maximum atomic E-state index is 11.3. The van der Waals surface area contributed by atoms with E-state index in [0.29, 0.717) is 0 Å². The molecule has 31 heavy (non-hydrogen) atoms. The van der Waals surface area contributed by atoms with Gasteiger partial charge in [0, 0.05) is 48.4 Å². The number of hydroxylamine groups is 1. The first-order valence-electron chi connectivity index (χ1n) is 10.8. The minimum atomic E-state index is -0.526. The van der Waals surface area contributed by atoms with Crippen molar-refractivity contribution in [2.75, 3.05) is 13.1 Å². The molecule has 0 fully saturated rings. The lowest BCUT2D eigenvalue weighted by Crippen LogP contribution is -2.32. The van der Waals surface area contributed by atoms with Crippen molar-refractivity contribution in [1.82, 2.24) is 20.3 Å². The number of pyridine rings is 1. The lowest BCUT2D eigenvalue weighted by molar-refractivity contribution is -0.124. The van der Waals surface area contributed by atoms with Gasteiger partial charge < -0.3 is 4.98 Å². The van der Waals surface area contributed by atoms with Gasteiger partial charge in [-0.3, -0.25) is 14.9 Å². The van der Waals surface area contributed by atoms with E-state index in [1.807, 2.05) is 18.3 Å². The van der Waals surface area contributed by atoms with Crippen molar-refractivity contribution in [1.29, 1.82) is 0 Å². The van der Waals surface area contributed by atoms with E-state index in [1.165, 1.54) is 33.8 Å². The monoisotopic (exact) mass is 418 g/mol. The number of amides is 1. The van der Waals surface area contributed by atoms with Gasteiger partial charge in [-0.15, -0.1) is 0 Å². The molecule has 0 spiro atoms. The molecule has 0 bridgehead atoms. The molecule has 0 atom stereocenters. The van der Waals surface area contributed by atoms with Crippen LogP contribution < -0.4 is 5.48 Å². The summed E-state index contributed by atoms with van der Waals surface area (Å²) in [6, 6.07) is 10.5. The van der Waals surface area contributed by atoms with Gasteiger partial charge in [0.05, 0.1) is 0 Å². The van der Waals surface area contributed by atoms with E-state index < -0.39 is 5.91 Å². The van der Waals surface area contributed by atoms with Crippen molar-refractivity contribution in [2.24, 2.45) is 0 Å². The molecule has 6 nitrogen and oxygen atoms in total. The Morgan fingerprint density at radius 1 is 1.29 bits per heavy atom. The highest BCUT2D eigenvalue weighted by atomic mass is 16.5. The number of nitrogens with zero attached hydrogens (tertiary/aromatic N) is 2. The molecule has 3 heterocycles. The van der Waals surface area contributed by atoms with Crippen LogP contribution in [0.5, 0.6) is 0 Å². The third kappa shape index (κ3) is 4.70. The summed E-state index contributed by atoms with van der Waals surface area (Å²) in [4.78, 5) is 21.8. The zero-order valence-corrected chi connectivity index (χ0v) is 18.4. The number of nitrogens with one attached hydrogen (secondary N) is 2. The van der Waals surface area contributed by atoms with Gasteiger partial charge in [0.2, 0.25) is 0 Å². The van der Waals surface area contributed by atoms with Gasteiger partial charge in [-0.05, 0) is 53.3 Å². The number of fused-ring (bicyclic) bond motifs is 2. The molecular weight excluding hydrogens is 388 g/mol. The van der Waals surface area contributed by atoms with Crippen molar-refractivity contribution in [3.8, 4) is 0 Å². The summed E-state index contributed by atoms with van der Waals surface area (Å²) >= 11 is 0. The third-order valence-electron chi connectivity index (χ3n) is 5.97. The first kappa shape index (κ1) is 21.3. The fraction of sp³-hybridized carbons (Fsp3) is 0.360. The van der Waals surface area contributed by atoms with Crippen LogP contribution in [0.1, 0.15) is 48.7 Å². The smallest absolute Gasteiger partial charge is 0.267 e. The van der Waals surface area contributed by atoms with Crippen LogP contribution in [0.3, 0.4) is 0 Å². The predicted molar refractivity (Wildman–Crippen MR) is 123 cm³/mol. The molecule has 4 rings (SSSR count). The molecule has 6 heteroatoms. The molecule has 1 amide bonds. The van der Waals surface area contributed by atoms with E-state index in [9.17, 15) is 4.79 Å². The molecule has 2 aromatic heterocycles. The number of rotatable bonds is 5. The molecule has 0 aliphatic carbocycles.